The smallest absolute Gasteiger partial charge is 0.272 e. The second-order valence-electron chi connectivity index (χ2n) is 6.16. The summed E-state index contributed by atoms with van der Waals surface area (Å²) in [6.45, 7) is 0. The molecular formula is C21H15N3O3. The fourth-order valence-corrected chi connectivity index (χ4v) is 3.43. The molecule has 3 aromatic carbocycles. The molecule has 6 heteroatoms. The van der Waals surface area contributed by atoms with Crippen LogP contribution in [0.4, 0.5) is 5.69 Å². The van der Waals surface area contributed by atoms with Crippen LogP contribution < -0.4 is 5.43 Å². The molecule has 6 nitrogen and oxygen atoms in total. The summed E-state index contributed by atoms with van der Waals surface area (Å²) in [5.74, 6) is -0.734. The number of fused-ring (bicyclic) bond motifs is 3. The summed E-state index contributed by atoms with van der Waals surface area (Å²) >= 11 is 0. The van der Waals surface area contributed by atoms with Gasteiger partial charge in [0.1, 0.15) is 0 Å². The Labute approximate surface area is 155 Å². The van der Waals surface area contributed by atoms with E-state index >= 15 is 0 Å². The molecule has 1 amide bonds. The van der Waals surface area contributed by atoms with Gasteiger partial charge in [-0.05, 0) is 28.3 Å². The normalized spacial score (nSPS) is 12.6. The Hall–Kier alpha value is -3.80. The molecule has 3 aromatic rings. The van der Waals surface area contributed by atoms with Crippen LogP contribution in [0.15, 0.2) is 77.9 Å². The molecule has 0 radical (unpaired) electrons. The molecular weight excluding hydrogens is 342 g/mol. The fraction of sp³-hybridized carbons (Fsp3) is 0.0476. The molecule has 4 rings (SSSR count). The maximum Gasteiger partial charge on any atom is 0.278 e. The summed E-state index contributed by atoms with van der Waals surface area (Å²) in [6.07, 6.45) is 1.29. The van der Waals surface area contributed by atoms with Gasteiger partial charge in [-0.15, -0.1) is 0 Å². The lowest BCUT2D eigenvalue weighted by Crippen LogP contribution is -2.25. The third kappa shape index (κ3) is 2.97. The Morgan fingerprint density at radius 2 is 1.48 bits per heavy atom. The number of nitro groups is 1. The third-order valence-electron chi connectivity index (χ3n) is 4.61. The highest BCUT2D eigenvalue weighted by Crippen LogP contribution is 2.44. The zero-order valence-electron chi connectivity index (χ0n) is 14.2. The average Bonchev–Trinajstić information content (AvgIpc) is 3.03. The van der Waals surface area contributed by atoms with Crippen LogP contribution in [-0.4, -0.2) is 17.0 Å². The van der Waals surface area contributed by atoms with Crippen LogP contribution >= 0.6 is 0 Å². The molecule has 1 aliphatic carbocycles. The first-order chi connectivity index (χ1) is 13.2. The van der Waals surface area contributed by atoms with Gasteiger partial charge < -0.3 is 0 Å². The Morgan fingerprint density at radius 3 is 2.11 bits per heavy atom. The number of hydrogen-bond acceptors (Lipinski definition) is 4. The molecule has 0 spiro atoms. The van der Waals surface area contributed by atoms with Crippen LogP contribution in [0.1, 0.15) is 22.6 Å². The molecule has 0 bridgehead atoms. The molecule has 0 fully saturated rings. The van der Waals surface area contributed by atoms with Gasteiger partial charge in [0.15, 0.2) is 0 Å². The van der Waals surface area contributed by atoms with Crippen molar-refractivity contribution in [3.05, 3.63) is 99.6 Å². The molecule has 132 valence electrons. The number of amides is 1. The van der Waals surface area contributed by atoms with E-state index in [1.54, 1.807) is 18.2 Å². The molecule has 0 atom stereocenters. The van der Waals surface area contributed by atoms with Crippen molar-refractivity contribution in [3.8, 4) is 11.1 Å². The highest BCUT2D eigenvalue weighted by Gasteiger charge is 2.33. The zero-order valence-corrected chi connectivity index (χ0v) is 14.2. The molecule has 0 heterocycles. The number of hydrogen-bond donors (Lipinski definition) is 1. The summed E-state index contributed by atoms with van der Waals surface area (Å²) in [6, 6.07) is 21.8. The van der Waals surface area contributed by atoms with Crippen molar-refractivity contribution in [1.82, 2.24) is 5.43 Å². The second kappa shape index (κ2) is 6.84. The van der Waals surface area contributed by atoms with Gasteiger partial charge in [-0.1, -0.05) is 60.7 Å². The molecule has 1 N–H and O–H groups in total. The third-order valence-corrected chi connectivity index (χ3v) is 4.61. The van der Waals surface area contributed by atoms with Crippen molar-refractivity contribution >= 4 is 17.8 Å². The zero-order chi connectivity index (χ0) is 18.8. The Kier molecular flexibility index (Phi) is 4.22. The van der Waals surface area contributed by atoms with Gasteiger partial charge in [-0.25, -0.2) is 5.43 Å². The quantitative estimate of drug-likeness (QED) is 0.437. The van der Waals surface area contributed by atoms with E-state index in [4.69, 9.17) is 0 Å². The van der Waals surface area contributed by atoms with E-state index in [0.717, 1.165) is 22.3 Å². The predicted molar refractivity (Wildman–Crippen MR) is 103 cm³/mol. The van der Waals surface area contributed by atoms with Crippen molar-refractivity contribution in [2.24, 2.45) is 5.10 Å². The monoisotopic (exact) mass is 357 g/mol. The van der Waals surface area contributed by atoms with Crippen LogP contribution in [0.2, 0.25) is 0 Å². The van der Waals surface area contributed by atoms with E-state index in [-0.39, 0.29) is 11.6 Å². The highest BCUT2D eigenvalue weighted by molar-refractivity contribution is 5.96. The number of nitrogens with one attached hydrogen (secondary N) is 1. The van der Waals surface area contributed by atoms with E-state index in [1.807, 2.05) is 48.5 Å². The van der Waals surface area contributed by atoms with Crippen LogP contribution in [0.25, 0.3) is 11.1 Å². The summed E-state index contributed by atoms with van der Waals surface area (Å²) in [5.41, 5.74) is 6.73. The van der Waals surface area contributed by atoms with Gasteiger partial charge in [0.05, 0.1) is 22.6 Å². The standard InChI is InChI=1S/C21H15N3O3/c25-21(23-22-13-14-7-1-6-12-19(14)24(26)27)20-17-10-4-2-8-15(17)16-9-3-5-11-18(16)20/h1-13,20H,(H,23,25)/b22-13+. The summed E-state index contributed by atoms with van der Waals surface area (Å²) in [7, 11) is 0. The first-order valence-electron chi connectivity index (χ1n) is 8.41. The van der Waals surface area contributed by atoms with E-state index in [9.17, 15) is 14.9 Å². The lowest BCUT2D eigenvalue weighted by Gasteiger charge is -2.11. The SMILES string of the molecule is O=C(N/N=C/c1ccccc1[N+](=O)[O-])C1c2ccccc2-c2ccccc21. The maximum absolute atomic E-state index is 12.8. The van der Waals surface area contributed by atoms with Crippen molar-refractivity contribution in [3.63, 3.8) is 0 Å². The number of hydrazone groups is 1. The van der Waals surface area contributed by atoms with E-state index in [0.29, 0.717) is 5.56 Å². The first kappa shape index (κ1) is 16.7. The minimum atomic E-state index is -0.480. The average molecular weight is 357 g/mol. The van der Waals surface area contributed by atoms with Gasteiger partial charge >= 0.3 is 0 Å². The van der Waals surface area contributed by atoms with Crippen LogP contribution in [0.5, 0.6) is 0 Å². The molecule has 0 aromatic heterocycles. The summed E-state index contributed by atoms with van der Waals surface area (Å²) < 4.78 is 0. The molecule has 0 unspecified atom stereocenters. The first-order valence-corrected chi connectivity index (χ1v) is 8.41. The van der Waals surface area contributed by atoms with E-state index in [2.05, 4.69) is 10.5 Å². The van der Waals surface area contributed by atoms with Gasteiger partial charge in [0.25, 0.3) is 11.6 Å². The largest absolute Gasteiger partial charge is 0.278 e. The number of benzene rings is 3. The van der Waals surface area contributed by atoms with Crippen molar-refractivity contribution < 1.29 is 9.72 Å². The van der Waals surface area contributed by atoms with Gasteiger partial charge in [0.2, 0.25) is 0 Å². The van der Waals surface area contributed by atoms with E-state index in [1.165, 1.54) is 12.3 Å². The molecule has 1 aliphatic rings. The Morgan fingerprint density at radius 1 is 0.926 bits per heavy atom. The number of para-hydroxylation sites is 1. The number of rotatable bonds is 4. The number of nitrogens with zero attached hydrogens (tertiary/aromatic N) is 2. The summed E-state index contributed by atoms with van der Waals surface area (Å²) in [4.78, 5) is 23.4. The van der Waals surface area contributed by atoms with Crippen LogP contribution in [0, 0.1) is 10.1 Å². The Balaban J connectivity index is 1.60. The molecule has 27 heavy (non-hydrogen) atoms. The lowest BCUT2D eigenvalue weighted by molar-refractivity contribution is -0.385. The fourth-order valence-electron chi connectivity index (χ4n) is 3.43. The van der Waals surface area contributed by atoms with Crippen molar-refractivity contribution in [2.45, 2.75) is 5.92 Å². The molecule has 0 saturated heterocycles. The molecule has 0 saturated carbocycles. The van der Waals surface area contributed by atoms with Gasteiger partial charge in [-0.3, -0.25) is 14.9 Å². The van der Waals surface area contributed by atoms with Crippen LogP contribution in [-0.2, 0) is 4.79 Å². The van der Waals surface area contributed by atoms with Crippen molar-refractivity contribution in [1.29, 1.82) is 0 Å². The lowest BCUT2D eigenvalue weighted by atomic mass is 9.96. The highest BCUT2D eigenvalue weighted by atomic mass is 16.6. The van der Waals surface area contributed by atoms with Gasteiger partial charge in [-0.2, -0.15) is 5.10 Å². The van der Waals surface area contributed by atoms with Crippen molar-refractivity contribution in [2.75, 3.05) is 0 Å². The summed E-state index contributed by atoms with van der Waals surface area (Å²) in [5, 5.41) is 15.0. The maximum atomic E-state index is 12.8. The topological polar surface area (TPSA) is 84.6 Å². The number of nitro benzene ring substituents is 1. The van der Waals surface area contributed by atoms with Crippen LogP contribution in [0.3, 0.4) is 0 Å². The number of carbonyl (C=O) groups excluding carboxylic acids is 1. The van der Waals surface area contributed by atoms with E-state index < -0.39 is 10.8 Å². The number of carbonyl (C=O) groups is 1. The minimum Gasteiger partial charge on any atom is -0.272 e. The Bertz CT molecular complexity index is 1030. The minimum absolute atomic E-state index is 0.0629. The molecule has 0 aliphatic heterocycles. The van der Waals surface area contributed by atoms with Gasteiger partial charge in [0, 0.05) is 6.07 Å². The predicted octanol–water partition coefficient (Wildman–Crippen LogP) is 3.86. The second-order valence-corrected chi connectivity index (χ2v) is 6.16.